The van der Waals surface area contributed by atoms with Crippen LogP contribution in [0.4, 0.5) is 0 Å². The van der Waals surface area contributed by atoms with E-state index in [2.05, 4.69) is 10.6 Å². The largest absolute Gasteiger partial charge is 0.480 e. The summed E-state index contributed by atoms with van der Waals surface area (Å²) in [6.07, 6.45) is 2.95. The highest BCUT2D eigenvalue weighted by atomic mass is 16.4. The fourth-order valence-electron chi connectivity index (χ4n) is 1.43. The van der Waals surface area contributed by atoms with Crippen LogP contribution in [0.2, 0.25) is 0 Å². The Kier molecular flexibility index (Phi) is 4.73. The molecule has 92 valence electrons. The summed E-state index contributed by atoms with van der Waals surface area (Å²) in [6.45, 7) is 3.95. The smallest absolute Gasteiger partial charge is 0.326 e. The van der Waals surface area contributed by atoms with Gasteiger partial charge in [0.1, 0.15) is 6.04 Å². The molecular formula is C11H20N2O3. The molecule has 2 atom stereocenters. The highest BCUT2D eigenvalue weighted by Gasteiger charge is 2.26. The van der Waals surface area contributed by atoms with Crippen molar-refractivity contribution < 1.29 is 14.7 Å². The predicted molar refractivity (Wildman–Crippen MR) is 60.0 cm³/mol. The van der Waals surface area contributed by atoms with Gasteiger partial charge >= 0.3 is 5.97 Å². The second kappa shape index (κ2) is 5.84. The van der Waals surface area contributed by atoms with Crippen LogP contribution in [0.5, 0.6) is 0 Å². The maximum Gasteiger partial charge on any atom is 0.326 e. The summed E-state index contributed by atoms with van der Waals surface area (Å²) in [7, 11) is 0. The molecule has 0 heterocycles. The van der Waals surface area contributed by atoms with Gasteiger partial charge in [-0.15, -0.1) is 0 Å². The summed E-state index contributed by atoms with van der Waals surface area (Å²) < 4.78 is 0. The molecule has 1 amide bonds. The topological polar surface area (TPSA) is 78.4 Å². The number of aliphatic carboxylic acids is 1. The Morgan fingerprint density at radius 2 is 2.06 bits per heavy atom. The third-order valence-corrected chi connectivity index (χ3v) is 2.92. The molecule has 0 spiro atoms. The zero-order valence-electron chi connectivity index (χ0n) is 9.82. The average molecular weight is 228 g/mol. The van der Waals surface area contributed by atoms with Crippen LogP contribution in [0.3, 0.4) is 0 Å². The van der Waals surface area contributed by atoms with E-state index >= 15 is 0 Å². The highest BCUT2D eigenvalue weighted by Crippen LogP contribution is 2.18. The fraction of sp³-hybridized carbons (Fsp3) is 0.818. The van der Waals surface area contributed by atoms with E-state index in [1.807, 2.05) is 13.8 Å². The molecule has 1 aliphatic carbocycles. The molecule has 0 saturated heterocycles. The molecule has 0 radical (unpaired) electrons. The van der Waals surface area contributed by atoms with Gasteiger partial charge in [-0.1, -0.05) is 20.3 Å². The van der Waals surface area contributed by atoms with E-state index in [9.17, 15) is 9.59 Å². The Balaban J connectivity index is 2.33. The number of amides is 1. The monoisotopic (exact) mass is 228 g/mol. The maximum absolute atomic E-state index is 11.5. The van der Waals surface area contributed by atoms with Crippen LogP contribution in [-0.2, 0) is 9.59 Å². The van der Waals surface area contributed by atoms with E-state index in [1.165, 1.54) is 0 Å². The lowest BCUT2D eigenvalue weighted by Gasteiger charge is -2.20. The molecular weight excluding hydrogens is 208 g/mol. The number of carbonyl (C=O) groups is 2. The third-order valence-electron chi connectivity index (χ3n) is 2.92. The first kappa shape index (κ1) is 13.0. The molecule has 1 aliphatic rings. The van der Waals surface area contributed by atoms with Crippen LogP contribution < -0.4 is 10.6 Å². The van der Waals surface area contributed by atoms with E-state index in [4.69, 9.17) is 5.11 Å². The molecule has 1 fully saturated rings. The van der Waals surface area contributed by atoms with Crippen molar-refractivity contribution >= 4 is 11.9 Å². The van der Waals surface area contributed by atoms with Crippen molar-refractivity contribution in [2.45, 2.75) is 45.2 Å². The molecule has 5 nitrogen and oxygen atoms in total. The van der Waals surface area contributed by atoms with Crippen molar-refractivity contribution in [1.82, 2.24) is 10.6 Å². The molecule has 5 heteroatoms. The fourth-order valence-corrected chi connectivity index (χ4v) is 1.43. The van der Waals surface area contributed by atoms with Crippen LogP contribution in [0.25, 0.3) is 0 Å². The summed E-state index contributed by atoms with van der Waals surface area (Å²) in [5, 5.41) is 14.6. The first-order valence-corrected chi connectivity index (χ1v) is 5.80. The second-order valence-electron chi connectivity index (χ2n) is 4.42. The molecule has 0 aromatic rings. The van der Waals surface area contributed by atoms with Crippen molar-refractivity contribution in [1.29, 1.82) is 0 Å². The van der Waals surface area contributed by atoms with Crippen molar-refractivity contribution in [2.24, 2.45) is 5.92 Å². The lowest BCUT2D eigenvalue weighted by Crippen LogP contribution is -2.48. The van der Waals surface area contributed by atoms with Gasteiger partial charge in [-0.2, -0.15) is 0 Å². The SMILES string of the molecule is CC[C@H](C)[C@H](NC(=O)CNC1CC1)C(=O)O. The number of hydrogen-bond acceptors (Lipinski definition) is 3. The lowest BCUT2D eigenvalue weighted by atomic mass is 9.99. The van der Waals surface area contributed by atoms with Crippen molar-refractivity contribution in [2.75, 3.05) is 6.54 Å². The van der Waals surface area contributed by atoms with E-state index in [0.29, 0.717) is 6.04 Å². The summed E-state index contributed by atoms with van der Waals surface area (Å²) >= 11 is 0. The highest BCUT2D eigenvalue weighted by molar-refractivity contribution is 5.84. The minimum Gasteiger partial charge on any atom is -0.480 e. The van der Waals surface area contributed by atoms with Crippen molar-refractivity contribution in [3.8, 4) is 0 Å². The van der Waals surface area contributed by atoms with Gasteiger partial charge in [0.05, 0.1) is 6.54 Å². The molecule has 0 aromatic heterocycles. The van der Waals surface area contributed by atoms with E-state index < -0.39 is 12.0 Å². The second-order valence-corrected chi connectivity index (χ2v) is 4.42. The molecule has 0 unspecified atom stereocenters. The number of rotatable bonds is 7. The minimum absolute atomic E-state index is 0.0534. The third kappa shape index (κ3) is 4.18. The summed E-state index contributed by atoms with van der Waals surface area (Å²) in [5.74, 6) is -1.25. The number of carboxylic acid groups (broad SMARTS) is 1. The standard InChI is InChI=1S/C11H20N2O3/c1-3-7(2)10(11(15)16)13-9(14)6-12-8-4-5-8/h7-8,10,12H,3-6H2,1-2H3,(H,13,14)(H,15,16)/t7-,10-/m0/s1. The van der Waals surface area contributed by atoms with Gasteiger partial charge in [0.25, 0.3) is 0 Å². The summed E-state index contributed by atoms with van der Waals surface area (Å²) in [4.78, 5) is 22.4. The van der Waals surface area contributed by atoms with Crippen LogP contribution in [-0.4, -0.2) is 35.6 Å². The van der Waals surface area contributed by atoms with Gasteiger partial charge < -0.3 is 15.7 Å². The molecule has 3 N–H and O–H groups in total. The molecule has 0 bridgehead atoms. The number of hydrogen-bond donors (Lipinski definition) is 3. The van der Waals surface area contributed by atoms with Crippen LogP contribution in [0, 0.1) is 5.92 Å². The molecule has 0 aromatic carbocycles. The van der Waals surface area contributed by atoms with Crippen LogP contribution in [0.15, 0.2) is 0 Å². The Hall–Kier alpha value is -1.10. The quantitative estimate of drug-likeness (QED) is 0.587. The lowest BCUT2D eigenvalue weighted by molar-refractivity contribution is -0.143. The van der Waals surface area contributed by atoms with E-state index in [0.717, 1.165) is 19.3 Å². The van der Waals surface area contributed by atoms with Gasteiger partial charge in [-0.05, 0) is 18.8 Å². The summed E-state index contributed by atoms with van der Waals surface area (Å²) in [5.41, 5.74) is 0. The van der Waals surface area contributed by atoms with E-state index in [-0.39, 0.29) is 18.4 Å². The number of carboxylic acids is 1. The van der Waals surface area contributed by atoms with E-state index in [1.54, 1.807) is 0 Å². The van der Waals surface area contributed by atoms with Gasteiger partial charge in [0.2, 0.25) is 5.91 Å². The zero-order chi connectivity index (χ0) is 12.1. The Labute approximate surface area is 95.6 Å². The Bertz CT molecular complexity index is 264. The van der Waals surface area contributed by atoms with Crippen molar-refractivity contribution in [3.05, 3.63) is 0 Å². The predicted octanol–water partition coefficient (Wildman–Crippen LogP) is 0.354. The minimum atomic E-state index is -0.964. The summed E-state index contributed by atoms with van der Waals surface area (Å²) in [6, 6.07) is -0.323. The Morgan fingerprint density at radius 1 is 1.44 bits per heavy atom. The normalized spacial score (nSPS) is 18.9. The molecule has 0 aliphatic heterocycles. The molecule has 1 rings (SSSR count). The van der Waals surface area contributed by atoms with Gasteiger partial charge in [-0.25, -0.2) is 4.79 Å². The maximum atomic E-state index is 11.5. The van der Waals surface area contributed by atoms with Gasteiger partial charge in [0, 0.05) is 6.04 Å². The van der Waals surface area contributed by atoms with Gasteiger partial charge in [0.15, 0.2) is 0 Å². The zero-order valence-corrected chi connectivity index (χ0v) is 9.82. The van der Waals surface area contributed by atoms with Crippen LogP contribution in [0.1, 0.15) is 33.1 Å². The Morgan fingerprint density at radius 3 is 2.50 bits per heavy atom. The van der Waals surface area contributed by atoms with Crippen molar-refractivity contribution in [3.63, 3.8) is 0 Å². The molecule has 16 heavy (non-hydrogen) atoms. The first-order valence-electron chi connectivity index (χ1n) is 5.80. The average Bonchev–Trinajstić information content (AvgIpc) is 3.05. The first-order chi connectivity index (χ1) is 7.54. The number of nitrogens with one attached hydrogen (secondary N) is 2. The molecule has 1 saturated carbocycles. The van der Waals surface area contributed by atoms with Crippen LogP contribution >= 0.6 is 0 Å². The number of carbonyl (C=O) groups excluding carboxylic acids is 1. The van der Waals surface area contributed by atoms with Gasteiger partial charge in [-0.3, -0.25) is 4.79 Å².